The van der Waals surface area contributed by atoms with Crippen LogP contribution in [0.2, 0.25) is 0 Å². The average molecular weight is 718 g/mol. The van der Waals surface area contributed by atoms with E-state index in [4.69, 9.17) is 14.6 Å². The molecule has 2 heterocycles. The molecular formula is C38H45BrN4O5. The number of aryl methyl sites for hydroxylation is 3. The van der Waals surface area contributed by atoms with Gasteiger partial charge in [0.15, 0.2) is 0 Å². The van der Waals surface area contributed by atoms with Gasteiger partial charge in [-0.1, -0.05) is 77.5 Å². The van der Waals surface area contributed by atoms with Crippen molar-refractivity contribution < 1.29 is 24.2 Å². The molecule has 0 unspecified atom stereocenters. The molecule has 5 rings (SSSR count). The fourth-order valence-corrected chi connectivity index (χ4v) is 6.88. The molecule has 1 amide bonds. The lowest BCUT2D eigenvalue weighted by molar-refractivity contribution is 0.0294. The van der Waals surface area contributed by atoms with Crippen LogP contribution in [0.4, 0.5) is 4.79 Å². The molecule has 0 aliphatic heterocycles. The van der Waals surface area contributed by atoms with Crippen molar-refractivity contribution in [2.45, 2.75) is 70.9 Å². The lowest BCUT2D eigenvalue weighted by Gasteiger charge is -2.24. The van der Waals surface area contributed by atoms with E-state index in [9.17, 15) is 14.7 Å². The number of carboxylic acid groups (broad SMARTS) is 1. The van der Waals surface area contributed by atoms with Crippen molar-refractivity contribution in [1.29, 1.82) is 0 Å². The number of carboxylic acids is 1. The van der Waals surface area contributed by atoms with E-state index in [0.717, 1.165) is 61.9 Å². The highest BCUT2D eigenvalue weighted by Gasteiger charge is 2.27. The predicted molar refractivity (Wildman–Crippen MR) is 194 cm³/mol. The Labute approximate surface area is 290 Å². The molecular weight excluding hydrogens is 672 g/mol. The number of alkyl halides is 1. The molecule has 0 saturated heterocycles. The second-order valence-electron chi connectivity index (χ2n) is 13.0. The van der Waals surface area contributed by atoms with E-state index >= 15 is 0 Å². The van der Waals surface area contributed by atoms with Crippen molar-refractivity contribution in [3.63, 3.8) is 0 Å². The summed E-state index contributed by atoms with van der Waals surface area (Å²) in [5, 5.41) is 19.2. The Balaban J connectivity index is 1.52. The molecule has 0 saturated carbocycles. The summed E-state index contributed by atoms with van der Waals surface area (Å²) in [6.45, 7) is 8.87. The molecule has 10 heteroatoms. The molecule has 0 bridgehead atoms. The topological polar surface area (TPSA) is 98.8 Å². The molecule has 0 atom stereocenters. The number of carbonyl (C=O) groups is 2. The second-order valence-corrected chi connectivity index (χ2v) is 13.6. The van der Waals surface area contributed by atoms with Gasteiger partial charge >= 0.3 is 12.1 Å². The zero-order chi connectivity index (χ0) is 34.6. The van der Waals surface area contributed by atoms with Crippen LogP contribution < -0.4 is 4.74 Å². The molecule has 0 aliphatic carbocycles. The summed E-state index contributed by atoms with van der Waals surface area (Å²) in [5.74, 6) is -0.165. The molecule has 1 N–H and O–H groups in total. The predicted octanol–water partition coefficient (Wildman–Crippen LogP) is 8.62. The number of fused-ring (bicyclic) bond motifs is 2. The SMILES string of the molecule is CCc1c(-c2cccc3c(CCCOc4cccc5ccccc45)c(C(=O)O)n(CCCN(C)C(=O)OC(C)(C)C)c23)c(CBr)nn1C. The number of amides is 1. The standard InChI is InChI=1S/C38H45BrN4O5/c1-7-31-33(30(24-39)40-42(31)6)29-18-11-17-27-28(19-12-23-47-32-20-10-15-25-14-8-9-16-26(25)32)35(36(44)45)43(34(27)29)22-13-21-41(5)37(46)48-38(2,3)4/h8-11,14-18,20H,7,12-13,19,21-24H2,1-6H3,(H,44,45). The molecule has 48 heavy (non-hydrogen) atoms. The van der Waals surface area contributed by atoms with Crippen LogP contribution in [0.3, 0.4) is 0 Å². The molecule has 5 aromatic rings. The Kier molecular flexibility index (Phi) is 10.8. The zero-order valence-corrected chi connectivity index (χ0v) is 30.3. The number of benzene rings is 3. The van der Waals surface area contributed by atoms with Crippen molar-refractivity contribution >= 4 is 49.7 Å². The van der Waals surface area contributed by atoms with Crippen LogP contribution in [0, 0.1) is 0 Å². The van der Waals surface area contributed by atoms with E-state index in [1.165, 1.54) is 0 Å². The quantitative estimate of drug-likeness (QED) is 0.0968. The Morgan fingerprint density at radius 3 is 2.42 bits per heavy atom. The third-order valence-electron chi connectivity index (χ3n) is 8.52. The first kappa shape index (κ1) is 35.0. The van der Waals surface area contributed by atoms with Crippen molar-refractivity contribution in [3.05, 3.63) is 83.3 Å². The smallest absolute Gasteiger partial charge is 0.410 e. The summed E-state index contributed by atoms with van der Waals surface area (Å²) in [5.41, 5.74) is 5.27. The van der Waals surface area contributed by atoms with Crippen LogP contribution >= 0.6 is 15.9 Å². The number of aromatic nitrogens is 3. The molecule has 9 nitrogen and oxygen atoms in total. The van der Waals surface area contributed by atoms with Gasteiger partial charge < -0.3 is 24.0 Å². The van der Waals surface area contributed by atoms with Gasteiger partial charge in [-0.25, -0.2) is 9.59 Å². The van der Waals surface area contributed by atoms with Crippen molar-refractivity contribution in [2.75, 3.05) is 20.2 Å². The largest absolute Gasteiger partial charge is 0.493 e. The first-order chi connectivity index (χ1) is 22.9. The van der Waals surface area contributed by atoms with Crippen LogP contribution in [-0.4, -0.2) is 62.2 Å². The first-order valence-corrected chi connectivity index (χ1v) is 17.6. The van der Waals surface area contributed by atoms with Gasteiger partial charge in [0.1, 0.15) is 17.0 Å². The van der Waals surface area contributed by atoms with Crippen LogP contribution in [-0.2, 0) is 36.5 Å². The highest BCUT2D eigenvalue weighted by atomic mass is 79.9. The van der Waals surface area contributed by atoms with Gasteiger partial charge in [-0.05, 0) is 63.5 Å². The number of halogens is 1. The van der Waals surface area contributed by atoms with Crippen molar-refractivity contribution in [3.8, 4) is 16.9 Å². The van der Waals surface area contributed by atoms with Crippen molar-refractivity contribution in [1.82, 2.24) is 19.2 Å². The number of carbonyl (C=O) groups excluding carboxylic acids is 1. The van der Waals surface area contributed by atoms with Gasteiger partial charge in [0.05, 0.1) is 17.8 Å². The van der Waals surface area contributed by atoms with Crippen LogP contribution in [0.5, 0.6) is 5.75 Å². The highest BCUT2D eigenvalue weighted by molar-refractivity contribution is 9.08. The number of para-hydroxylation sites is 1. The van der Waals surface area contributed by atoms with Gasteiger partial charge in [-0.15, -0.1) is 0 Å². The Morgan fingerprint density at radius 2 is 1.71 bits per heavy atom. The Bertz CT molecular complexity index is 1930. The monoisotopic (exact) mass is 716 g/mol. The van der Waals surface area contributed by atoms with E-state index in [2.05, 4.69) is 41.1 Å². The van der Waals surface area contributed by atoms with Gasteiger partial charge in [-0.3, -0.25) is 4.68 Å². The molecule has 2 aromatic heterocycles. The lowest BCUT2D eigenvalue weighted by Crippen LogP contribution is -2.35. The Morgan fingerprint density at radius 1 is 1.00 bits per heavy atom. The average Bonchev–Trinajstić information content (AvgIpc) is 3.55. The number of nitrogens with zero attached hydrogens (tertiary/aromatic N) is 4. The normalized spacial score (nSPS) is 11.7. The number of aromatic carboxylic acids is 1. The summed E-state index contributed by atoms with van der Waals surface area (Å²) in [6.07, 6.45) is 2.06. The molecule has 0 spiro atoms. The maximum absolute atomic E-state index is 13.1. The van der Waals surface area contributed by atoms with E-state index in [1.807, 2.05) is 79.5 Å². The summed E-state index contributed by atoms with van der Waals surface area (Å²) in [7, 11) is 3.66. The highest BCUT2D eigenvalue weighted by Crippen LogP contribution is 2.39. The second kappa shape index (κ2) is 14.8. The minimum absolute atomic E-state index is 0.268. The van der Waals surface area contributed by atoms with E-state index in [0.29, 0.717) is 44.3 Å². The Hall–Kier alpha value is -4.31. The maximum atomic E-state index is 13.1. The first-order valence-electron chi connectivity index (χ1n) is 16.5. The fourth-order valence-electron chi connectivity index (χ4n) is 6.48. The summed E-state index contributed by atoms with van der Waals surface area (Å²) >= 11 is 3.64. The summed E-state index contributed by atoms with van der Waals surface area (Å²) in [6, 6.07) is 20.2. The molecule has 0 fully saturated rings. The number of hydrogen-bond acceptors (Lipinski definition) is 5. The van der Waals surface area contributed by atoms with Crippen LogP contribution in [0.25, 0.3) is 32.8 Å². The van der Waals surface area contributed by atoms with Gasteiger partial charge in [0, 0.05) is 60.1 Å². The number of ether oxygens (including phenoxy) is 2. The number of rotatable bonds is 13. The van der Waals surface area contributed by atoms with Gasteiger partial charge in [0.25, 0.3) is 0 Å². The third kappa shape index (κ3) is 7.38. The van der Waals surface area contributed by atoms with E-state index < -0.39 is 17.7 Å². The maximum Gasteiger partial charge on any atom is 0.410 e. The molecule has 0 radical (unpaired) electrons. The van der Waals surface area contributed by atoms with Crippen molar-refractivity contribution in [2.24, 2.45) is 7.05 Å². The van der Waals surface area contributed by atoms with Crippen LogP contribution in [0.15, 0.2) is 60.7 Å². The van der Waals surface area contributed by atoms with Gasteiger partial charge in [0.2, 0.25) is 0 Å². The molecule has 0 aliphatic rings. The van der Waals surface area contributed by atoms with Crippen LogP contribution in [0.1, 0.15) is 68.0 Å². The fraction of sp³-hybridized carbons (Fsp3) is 0.395. The lowest BCUT2D eigenvalue weighted by atomic mass is 9.97. The van der Waals surface area contributed by atoms with Gasteiger partial charge in [-0.2, -0.15) is 5.10 Å². The summed E-state index contributed by atoms with van der Waals surface area (Å²) < 4.78 is 15.6. The minimum Gasteiger partial charge on any atom is -0.493 e. The minimum atomic E-state index is -0.981. The summed E-state index contributed by atoms with van der Waals surface area (Å²) in [4.78, 5) is 27.3. The molecule has 3 aromatic carbocycles. The zero-order valence-electron chi connectivity index (χ0n) is 28.7. The third-order valence-corrected chi connectivity index (χ3v) is 9.05. The molecule has 254 valence electrons. The van der Waals surface area contributed by atoms with E-state index in [-0.39, 0.29) is 5.69 Å². The number of hydrogen-bond donors (Lipinski definition) is 1. The van der Waals surface area contributed by atoms with E-state index in [1.54, 1.807) is 11.9 Å².